The van der Waals surface area contributed by atoms with E-state index in [9.17, 15) is 23.5 Å². The van der Waals surface area contributed by atoms with E-state index in [1.54, 1.807) is 25.1 Å². The molecule has 1 aliphatic rings. The summed E-state index contributed by atoms with van der Waals surface area (Å²) >= 11 is 0. The Hall–Kier alpha value is -3.03. The van der Waals surface area contributed by atoms with Gasteiger partial charge in [0.25, 0.3) is 12.3 Å². The van der Waals surface area contributed by atoms with E-state index in [1.165, 1.54) is 17.2 Å². The van der Waals surface area contributed by atoms with Gasteiger partial charge in [-0.15, -0.1) is 0 Å². The fourth-order valence-electron chi connectivity index (χ4n) is 2.94. The second kappa shape index (κ2) is 7.07. The molecule has 1 aromatic carbocycles. The standard InChI is InChI=1S/C18H16F2N2O4/c1-10-6-11(2-3-14(10)26-9-15(19)20)7-22-8-13-12(17(22)23)4-5-21-16(13)18(24)25/h2-6,15H,7-9H2,1H3,(H,24,25). The van der Waals surface area contributed by atoms with Crippen LogP contribution in [0.1, 0.15) is 37.5 Å². The maximum atomic E-state index is 12.5. The average molecular weight is 362 g/mol. The molecule has 26 heavy (non-hydrogen) atoms. The zero-order valence-electron chi connectivity index (χ0n) is 13.9. The number of carbonyl (C=O) groups excluding carboxylic acids is 1. The Labute approximate surface area is 148 Å². The fourth-order valence-corrected chi connectivity index (χ4v) is 2.94. The summed E-state index contributed by atoms with van der Waals surface area (Å²) in [5.41, 5.74) is 2.09. The number of nitrogens with zero attached hydrogens (tertiary/aromatic N) is 2. The molecule has 8 heteroatoms. The molecule has 1 amide bonds. The first-order valence-electron chi connectivity index (χ1n) is 7.87. The van der Waals surface area contributed by atoms with E-state index in [1.807, 2.05) is 0 Å². The van der Waals surface area contributed by atoms with Crippen molar-refractivity contribution < 1.29 is 28.2 Å². The number of amides is 1. The number of rotatable bonds is 6. The molecule has 0 saturated carbocycles. The smallest absolute Gasteiger partial charge is 0.354 e. The van der Waals surface area contributed by atoms with Gasteiger partial charge in [-0.25, -0.2) is 18.6 Å². The van der Waals surface area contributed by atoms with Crippen LogP contribution in [0.4, 0.5) is 8.78 Å². The molecule has 0 radical (unpaired) electrons. The number of pyridine rings is 1. The van der Waals surface area contributed by atoms with Crippen LogP contribution in [0.2, 0.25) is 0 Å². The SMILES string of the molecule is Cc1cc(CN2Cc3c(ccnc3C(=O)O)C2=O)ccc1OCC(F)F. The van der Waals surface area contributed by atoms with Crippen molar-refractivity contribution in [3.63, 3.8) is 0 Å². The topological polar surface area (TPSA) is 79.7 Å². The molecule has 136 valence electrons. The molecule has 1 aliphatic heterocycles. The maximum Gasteiger partial charge on any atom is 0.354 e. The van der Waals surface area contributed by atoms with Gasteiger partial charge >= 0.3 is 5.97 Å². The molecular weight excluding hydrogens is 346 g/mol. The Balaban J connectivity index is 1.76. The van der Waals surface area contributed by atoms with Gasteiger partial charge < -0.3 is 14.7 Å². The lowest BCUT2D eigenvalue weighted by atomic mass is 10.1. The van der Waals surface area contributed by atoms with Crippen LogP contribution in [-0.2, 0) is 13.1 Å². The zero-order valence-corrected chi connectivity index (χ0v) is 13.9. The average Bonchev–Trinajstić information content (AvgIpc) is 2.90. The van der Waals surface area contributed by atoms with E-state index >= 15 is 0 Å². The Bertz CT molecular complexity index is 870. The van der Waals surface area contributed by atoms with Crippen LogP contribution in [-0.4, -0.2) is 39.9 Å². The molecule has 2 heterocycles. The molecule has 0 bridgehead atoms. The van der Waals surface area contributed by atoms with Crippen molar-refractivity contribution in [2.24, 2.45) is 0 Å². The predicted octanol–water partition coefficient (Wildman–Crippen LogP) is 2.89. The second-order valence-corrected chi connectivity index (χ2v) is 5.95. The highest BCUT2D eigenvalue weighted by Crippen LogP contribution is 2.27. The molecule has 0 aliphatic carbocycles. The first-order chi connectivity index (χ1) is 12.4. The number of ether oxygens (including phenoxy) is 1. The summed E-state index contributed by atoms with van der Waals surface area (Å²) in [5.74, 6) is -1.07. The molecule has 1 aromatic heterocycles. The molecular formula is C18H16F2N2O4. The van der Waals surface area contributed by atoms with Crippen molar-refractivity contribution >= 4 is 11.9 Å². The number of aromatic nitrogens is 1. The lowest BCUT2D eigenvalue weighted by Crippen LogP contribution is -2.23. The lowest BCUT2D eigenvalue weighted by Gasteiger charge is -2.17. The van der Waals surface area contributed by atoms with Crippen LogP contribution in [0.25, 0.3) is 0 Å². The van der Waals surface area contributed by atoms with Gasteiger partial charge in [-0.3, -0.25) is 4.79 Å². The normalized spacial score (nSPS) is 13.2. The van der Waals surface area contributed by atoms with Crippen LogP contribution >= 0.6 is 0 Å². The van der Waals surface area contributed by atoms with Gasteiger partial charge in [0.1, 0.15) is 12.4 Å². The van der Waals surface area contributed by atoms with Gasteiger partial charge in [-0.05, 0) is 30.2 Å². The number of carbonyl (C=O) groups is 2. The summed E-state index contributed by atoms with van der Waals surface area (Å²) in [6.07, 6.45) is -1.24. The van der Waals surface area contributed by atoms with Crippen LogP contribution in [0.3, 0.4) is 0 Å². The number of fused-ring (bicyclic) bond motifs is 1. The number of alkyl halides is 2. The maximum absolute atomic E-state index is 12.5. The van der Waals surface area contributed by atoms with Gasteiger partial charge in [0.05, 0.1) is 0 Å². The Morgan fingerprint density at radius 1 is 1.38 bits per heavy atom. The summed E-state index contributed by atoms with van der Waals surface area (Å²) < 4.78 is 29.5. The summed E-state index contributed by atoms with van der Waals surface area (Å²) in [6.45, 7) is 1.48. The van der Waals surface area contributed by atoms with Crippen LogP contribution in [0.5, 0.6) is 5.75 Å². The number of carboxylic acid groups (broad SMARTS) is 1. The van der Waals surface area contributed by atoms with Crippen LogP contribution < -0.4 is 4.74 Å². The van der Waals surface area contributed by atoms with Gasteiger partial charge in [0, 0.05) is 30.4 Å². The Morgan fingerprint density at radius 2 is 2.15 bits per heavy atom. The van der Waals surface area contributed by atoms with Gasteiger partial charge in [-0.2, -0.15) is 0 Å². The van der Waals surface area contributed by atoms with Crippen molar-refractivity contribution in [3.05, 3.63) is 58.4 Å². The van der Waals surface area contributed by atoms with E-state index in [2.05, 4.69) is 4.98 Å². The van der Waals surface area contributed by atoms with Crippen molar-refractivity contribution in [3.8, 4) is 5.75 Å². The van der Waals surface area contributed by atoms with Crippen molar-refractivity contribution in [1.29, 1.82) is 0 Å². The van der Waals surface area contributed by atoms with E-state index < -0.39 is 19.0 Å². The highest BCUT2D eigenvalue weighted by molar-refractivity contribution is 6.01. The molecule has 0 spiro atoms. The number of carboxylic acids is 1. The first-order valence-corrected chi connectivity index (χ1v) is 7.87. The molecule has 0 saturated heterocycles. The quantitative estimate of drug-likeness (QED) is 0.855. The monoisotopic (exact) mass is 362 g/mol. The van der Waals surface area contributed by atoms with Crippen molar-refractivity contribution in [1.82, 2.24) is 9.88 Å². The first kappa shape index (κ1) is 17.8. The van der Waals surface area contributed by atoms with E-state index in [0.717, 1.165) is 5.56 Å². The summed E-state index contributed by atoms with van der Waals surface area (Å²) in [6, 6.07) is 6.55. The van der Waals surface area contributed by atoms with Gasteiger partial charge in [0.2, 0.25) is 0 Å². The third kappa shape index (κ3) is 3.49. The van der Waals surface area contributed by atoms with E-state index in [4.69, 9.17) is 4.74 Å². The number of aryl methyl sites for hydroxylation is 1. The Kier molecular flexibility index (Phi) is 4.83. The lowest BCUT2D eigenvalue weighted by molar-refractivity contribution is 0.0685. The third-order valence-corrected chi connectivity index (χ3v) is 4.10. The molecule has 0 fully saturated rings. The third-order valence-electron chi connectivity index (χ3n) is 4.10. The Morgan fingerprint density at radius 3 is 2.81 bits per heavy atom. The molecule has 3 rings (SSSR count). The molecule has 2 aromatic rings. The minimum Gasteiger partial charge on any atom is -0.487 e. The molecule has 6 nitrogen and oxygen atoms in total. The number of benzene rings is 1. The minimum atomic E-state index is -2.55. The summed E-state index contributed by atoms with van der Waals surface area (Å²) in [5, 5.41) is 9.21. The number of halogens is 2. The summed E-state index contributed by atoms with van der Waals surface area (Å²) in [7, 11) is 0. The fraction of sp³-hybridized carbons (Fsp3) is 0.278. The predicted molar refractivity (Wildman–Crippen MR) is 87.5 cm³/mol. The largest absolute Gasteiger partial charge is 0.487 e. The molecule has 0 unspecified atom stereocenters. The number of aromatic carboxylic acids is 1. The minimum absolute atomic E-state index is 0.120. The van der Waals surface area contributed by atoms with Gasteiger partial charge in [-0.1, -0.05) is 12.1 Å². The summed E-state index contributed by atoms with van der Waals surface area (Å²) in [4.78, 5) is 29.1. The number of hydrogen-bond donors (Lipinski definition) is 1. The number of hydrogen-bond acceptors (Lipinski definition) is 4. The van der Waals surface area contributed by atoms with Gasteiger partial charge in [0.15, 0.2) is 5.69 Å². The molecule has 1 N–H and O–H groups in total. The van der Waals surface area contributed by atoms with Crippen molar-refractivity contribution in [2.75, 3.05) is 6.61 Å². The van der Waals surface area contributed by atoms with Crippen LogP contribution in [0, 0.1) is 6.92 Å². The van der Waals surface area contributed by atoms with E-state index in [0.29, 0.717) is 22.4 Å². The van der Waals surface area contributed by atoms with Crippen molar-refractivity contribution in [2.45, 2.75) is 26.4 Å². The highest BCUT2D eigenvalue weighted by atomic mass is 19.3. The highest BCUT2D eigenvalue weighted by Gasteiger charge is 2.31. The van der Waals surface area contributed by atoms with E-state index in [-0.39, 0.29) is 24.7 Å². The van der Waals surface area contributed by atoms with Crippen LogP contribution in [0.15, 0.2) is 30.5 Å². The second-order valence-electron chi connectivity index (χ2n) is 5.95. The zero-order chi connectivity index (χ0) is 18.8. The molecule has 0 atom stereocenters.